The van der Waals surface area contributed by atoms with Crippen LogP contribution in [0, 0.1) is 17.8 Å². The second kappa shape index (κ2) is 6.22. The van der Waals surface area contributed by atoms with Crippen LogP contribution in [0.4, 0.5) is 0 Å². The number of ether oxygens (including phenoxy) is 1. The van der Waals surface area contributed by atoms with Gasteiger partial charge in [0.05, 0.1) is 12.4 Å². The normalized spacial score (nSPS) is 21.4. The second-order valence-electron chi connectivity index (χ2n) is 5.02. The highest BCUT2D eigenvalue weighted by molar-refractivity contribution is 8.13. The first-order valence-electron chi connectivity index (χ1n) is 5.88. The van der Waals surface area contributed by atoms with Gasteiger partial charge in [-0.05, 0) is 17.8 Å². The topological polar surface area (TPSA) is 43.4 Å². The van der Waals surface area contributed by atoms with E-state index in [0.717, 1.165) is 12.5 Å². The smallest absolute Gasteiger partial charge is 0.232 e. The average molecular weight is 269 g/mol. The third kappa shape index (κ3) is 5.51. The van der Waals surface area contributed by atoms with Crippen molar-refractivity contribution in [3.8, 4) is 0 Å². The fraction of sp³-hybridized carbons (Fsp3) is 1.00. The van der Waals surface area contributed by atoms with Crippen LogP contribution >= 0.6 is 10.7 Å². The van der Waals surface area contributed by atoms with Gasteiger partial charge in [0.15, 0.2) is 0 Å². The maximum absolute atomic E-state index is 10.8. The molecule has 0 bridgehead atoms. The molecule has 0 aliphatic heterocycles. The van der Waals surface area contributed by atoms with Crippen molar-refractivity contribution in [1.82, 2.24) is 0 Å². The highest BCUT2D eigenvalue weighted by Crippen LogP contribution is 2.33. The van der Waals surface area contributed by atoms with E-state index in [0.29, 0.717) is 12.5 Å². The van der Waals surface area contributed by atoms with Gasteiger partial charge in [-0.25, -0.2) is 8.42 Å². The van der Waals surface area contributed by atoms with E-state index in [1.165, 1.54) is 19.3 Å². The van der Waals surface area contributed by atoms with Crippen molar-refractivity contribution in [1.29, 1.82) is 0 Å². The van der Waals surface area contributed by atoms with Crippen molar-refractivity contribution in [2.45, 2.75) is 33.1 Å². The fourth-order valence-electron chi connectivity index (χ4n) is 1.99. The summed E-state index contributed by atoms with van der Waals surface area (Å²) in [5, 5.41) is 0. The first-order chi connectivity index (χ1) is 7.38. The molecule has 1 aliphatic carbocycles. The summed E-state index contributed by atoms with van der Waals surface area (Å²) in [7, 11) is 1.78. The van der Waals surface area contributed by atoms with E-state index in [-0.39, 0.29) is 11.7 Å². The van der Waals surface area contributed by atoms with Gasteiger partial charge in [0.25, 0.3) is 0 Å². The van der Waals surface area contributed by atoms with E-state index in [9.17, 15) is 8.42 Å². The van der Waals surface area contributed by atoms with Gasteiger partial charge in [-0.1, -0.05) is 33.1 Å². The van der Waals surface area contributed by atoms with Crippen LogP contribution in [0.1, 0.15) is 33.1 Å². The molecule has 0 amide bonds. The summed E-state index contributed by atoms with van der Waals surface area (Å²) in [5.41, 5.74) is 0. The summed E-state index contributed by atoms with van der Waals surface area (Å²) < 4.78 is 27.2. The first kappa shape index (κ1) is 14.3. The van der Waals surface area contributed by atoms with Crippen LogP contribution in [0.25, 0.3) is 0 Å². The van der Waals surface area contributed by atoms with Crippen molar-refractivity contribution in [3.05, 3.63) is 0 Å². The molecule has 1 fully saturated rings. The molecule has 3 nitrogen and oxygen atoms in total. The molecule has 0 radical (unpaired) electrons. The van der Waals surface area contributed by atoms with Crippen molar-refractivity contribution in [2.75, 3.05) is 19.0 Å². The van der Waals surface area contributed by atoms with E-state index in [1.54, 1.807) is 0 Å². The number of rotatable bonds is 7. The zero-order valence-electron chi connectivity index (χ0n) is 9.99. The van der Waals surface area contributed by atoms with Crippen LogP contribution in [0.2, 0.25) is 0 Å². The Kier molecular flexibility index (Phi) is 5.54. The van der Waals surface area contributed by atoms with E-state index >= 15 is 0 Å². The Morgan fingerprint density at radius 2 is 1.94 bits per heavy atom. The predicted octanol–water partition coefficient (Wildman–Crippen LogP) is 2.64. The average Bonchev–Trinajstić information content (AvgIpc) is 1.96. The maximum Gasteiger partial charge on any atom is 0.232 e. The zero-order valence-corrected chi connectivity index (χ0v) is 11.6. The molecule has 2 unspecified atom stereocenters. The van der Waals surface area contributed by atoms with Crippen molar-refractivity contribution in [2.24, 2.45) is 17.8 Å². The Labute approximate surface area is 103 Å². The Hall–Kier alpha value is 0.200. The molecule has 96 valence electrons. The van der Waals surface area contributed by atoms with Crippen LogP contribution in [0.5, 0.6) is 0 Å². The summed E-state index contributed by atoms with van der Waals surface area (Å²) in [5.74, 6) is 1.36. The van der Waals surface area contributed by atoms with E-state index in [1.807, 2.05) is 6.92 Å². The summed E-state index contributed by atoms with van der Waals surface area (Å²) in [6.07, 6.45) is 3.97. The third-order valence-corrected chi connectivity index (χ3v) is 4.57. The molecule has 5 heteroatoms. The molecule has 1 aliphatic rings. The molecule has 1 rings (SSSR count). The van der Waals surface area contributed by atoms with Crippen molar-refractivity contribution < 1.29 is 13.2 Å². The Balaban J connectivity index is 2.10. The predicted molar refractivity (Wildman–Crippen MR) is 66.1 cm³/mol. The molecule has 0 heterocycles. The quantitative estimate of drug-likeness (QED) is 0.667. The molecule has 1 saturated carbocycles. The van der Waals surface area contributed by atoms with E-state index in [4.69, 9.17) is 15.4 Å². The van der Waals surface area contributed by atoms with Gasteiger partial charge in [0.1, 0.15) is 0 Å². The second-order valence-corrected chi connectivity index (χ2v) is 7.84. The van der Waals surface area contributed by atoms with Crippen molar-refractivity contribution >= 4 is 19.7 Å². The first-order valence-corrected chi connectivity index (χ1v) is 8.36. The van der Waals surface area contributed by atoms with E-state index in [2.05, 4.69) is 6.92 Å². The molecule has 16 heavy (non-hydrogen) atoms. The molecule has 2 atom stereocenters. The monoisotopic (exact) mass is 268 g/mol. The molecule has 0 N–H and O–H groups in total. The highest BCUT2D eigenvalue weighted by atomic mass is 35.7. The van der Waals surface area contributed by atoms with Gasteiger partial charge < -0.3 is 4.74 Å². The summed E-state index contributed by atoms with van der Waals surface area (Å²) in [4.78, 5) is 0. The lowest BCUT2D eigenvalue weighted by Gasteiger charge is -2.31. The number of hydrogen-bond donors (Lipinski definition) is 0. The third-order valence-electron chi connectivity index (χ3n) is 3.22. The fourth-order valence-corrected chi connectivity index (χ4v) is 3.41. The lowest BCUT2D eigenvalue weighted by molar-refractivity contribution is 0.0501. The lowest BCUT2D eigenvalue weighted by Crippen LogP contribution is -2.25. The molecule has 0 aromatic rings. The molecular weight excluding hydrogens is 248 g/mol. The SMILES string of the molecule is CC(COCC(C)C1CCC1)CS(=O)(=O)Cl. The molecule has 0 spiro atoms. The summed E-state index contributed by atoms with van der Waals surface area (Å²) in [6, 6.07) is 0. The van der Waals surface area contributed by atoms with Crippen molar-refractivity contribution in [3.63, 3.8) is 0 Å². The van der Waals surface area contributed by atoms with Gasteiger partial charge in [-0.2, -0.15) is 0 Å². The Morgan fingerprint density at radius 3 is 2.38 bits per heavy atom. The highest BCUT2D eigenvalue weighted by Gasteiger charge is 2.24. The number of halogens is 1. The maximum atomic E-state index is 10.8. The Morgan fingerprint density at radius 1 is 1.31 bits per heavy atom. The summed E-state index contributed by atoms with van der Waals surface area (Å²) in [6.45, 7) is 5.25. The summed E-state index contributed by atoms with van der Waals surface area (Å²) >= 11 is 0. The molecule has 0 aromatic carbocycles. The molecular formula is C11H21ClO3S. The van der Waals surface area contributed by atoms with Crippen LogP contribution < -0.4 is 0 Å². The zero-order chi connectivity index (χ0) is 12.2. The van der Waals surface area contributed by atoms with E-state index < -0.39 is 9.05 Å². The van der Waals surface area contributed by atoms with Crippen LogP contribution in [-0.2, 0) is 13.8 Å². The minimum absolute atomic E-state index is 0.00757. The van der Waals surface area contributed by atoms with Crippen LogP contribution in [0.3, 0.4) is 0 Å². The van der Waals surface area contributed by atoms with Crippen LogP contribution in [0.15, 0.2) is 0 Å². The number of hydrogen-bond acceptors (Lipinski definition) is 3. The lowest BCUT2D eigenvalue weighted by atomic mass is 9.77. The minimum Gasteiger partial charge on any atom is -0.381 e. The Bertz CT molecular complexity index is 298. The standard InChI is InChI=1S/C11H21ClO3S/c1-9(8-16(12,13)14)6-15-7-10(2)11-4-3-5-11/h9-11H,3-8H2,1-2H3. The largest absolute Gasteiger partial charge is 0.381 e. The van der Waals surface area contributed by atoms with Gasteiger partial charge >= 0.3 is 0 Å². The van der Waals surface area contributed by atoms with Gasteiger partial charge in [-0.15, -0.1) is 0 Å². The van der Waals surface area contributed by atoms with Gasteiger partial charge in [0.2, 0.25) is 9.05 Å². The minimum atomic E-state index is -3.39. The van der Waals surface area contributed by atoms with Crippen LogP contribution in [-0.4, -0.2) is 27.4 Å². The molecule has 0 saturated heterocycles. The van der Waals surface area contributed by atoms with Gasteiger partial charge in [0, 0.05) is 17.3 Å². The van der Waals surface area contributed by atoms with Gasteiger partial charge in [-0.3, -0.25) is 0 Å². The molecule has 0 aromatic heterocycles.